The lowest BCUT2D eigenvalue weighted by Gasteiger charge is -2.03. The maximum Gasteiger partial charge on any atom is 0.291 e. The normalized spacial score (nSPS) is 10.1. The van der Waals surface area contributed by atoms with Gasteiger partial charge in [0, 0.05) is 11.6 Å². The molecule has 0 saturated carbocycles. The molecule has 1 aromatic carbocycles. The molecule has 4 heteroatoms. The maximum atomic E-state index is 11.6. The Hall–Kier alpha value is -1.74. The van der Waals surface area contributed by atoms with Gasteiger partial charge in [-0.1, -0.05) is 12.1 Å². The van der Waals surface area contributed by atoms with Crippen LogP contribution in [0.15, 0.2) is 47.1 Å². The number of carbonyl (C=O) groups is 1. The molecule has 0 atom stereocenters. The highest BCUT2D eigenvalue weighted by Gasteiger charge is 2.07. The van der Waals surface area contributed by atoms with Crippen LogP contribution in [0.3, 0.4) is 0 Å². The average molecular weight is 236 g/mol. The van der Waals surface area contributed by atoms with Gasteiger partial charge in [-0.15, -0.1) is 11.6 Å². The predicted molar refractivity (Wildman–Crippen MR) is 62.7 cm³/mol. The van der Waals surface area contributed by atoms with Crippen molar-refractivity contribution in [2.45, 2.75) is 5.88 Å². The van der Waals surface area contributed by atoms with Crippen molar-refractivity contribution >= 4 is 23.2 Å². The summed E-state index contributed by atoms with van der Waals surface area (Å²) >= 11 is 5.66. The number of nitrogens with one attached hydrogen (secondary N) is 1. The van der Waals surface area contributed by atoms with Crippen LogP contribution < -0.4 is 5.32 Å². The molecule has 0 aliphatic heterocycles. The smallest absolute Gasteiger partial charge is 0.291 e. The molecule has 0 aliphatic carbocycles. The number of amides is 1. The van der Waals surface area contributed by atoms with Gasteiger partial charge in [-0.2, -0.15) is 0 Å². The molecule has 1 N–H and O–H groups in total. The van der Waals surface area contributed by atoms with E-state index in [1.165, 1.54) is 6.26 Å². The number of halogens is 1. The van der Waals surface area contributed by atoms with E-state index in [2.05, 4.69) is 5.32 Å². The number of benzene rings is 1. The van der Waals surface area contributed by atoms with E-state index in [-0.39, 0.29) is 5.91 Å². The maximum absolute atomic E-state index is 11.6. The van der Waals surface area contributed by atoms with Crippen LogP contribution in [0.4, 0.5) is 5.69 Å². The Morgan fingerprint density at radius 1 is 1.25 bits per heavy atom. The van der Waals surface area contributed by atoms with Gasteiger partial charge in [-0.25, -0.2) is 0 Å². The van der Waals surface area contributed by atoms with Crippen molar-refractivity contribution in [2.75, 3.05) is 5.32 Å². The van der Waals surface area contributed by atoms with Crippen molar-refractivity contribution in [3.63, 3.8) is 0 Å². The monoisotopic (exact) mass is 235 g/mol. The zero-order chi connectivity index (χ0) is 11.4. The fourth-order valence-electron chi connectivity index (χ4n) is 1.28. The van der Waals surface area contributed by atoms with Crippen LogP contribution in [0.1, 0.15) is 16.1 Å². The van der Waals surface area contributed by atoms with Crippen LogP contribution in [0.25, 0.3) is 0 Å². The molecule has 0 saturated heterocycles. The average Bonchev–Trinajstić information content (AvgIpc) is 2.83. The number of carbonyl (C=O) groups excluding carboxylic acids is 1. The summed E-state index contributed by atoms with van der Waals surface area (Å²) in [6.07, 6.45) is 1.46. The lowest BCUT2D eigenvalue weighted by molar-refractivity contribution is 0.0996. The van der Waals surface area contributed by atoms with Crippen molar-refractivity contribution < 1.29 is 9.21 Å². The van der Waals surface area contributed by atoms with Crippen LogP contribution in [-0.2, 0) is 5.88 Å². The van der Waals surface area contributed by atoms with E-state index in [1.807, 2.05) is 12.1 Å². The summed E-state index contributed by atoms with van der Waals surface area (Å²) < 4.78 is 4.98. The molecule has 0 aliphatic rings. The minimum absolute atomic E-state index is 0.261. The van der Waals surface area contributed by atoms with Crippen molar-refractivity contribution in [1.82, 2.24) is 0 Å². The highest BCUT2D eigenvalue weighted by Crippen LogP contribution is 2.12. The number of furan rings is 1. The molecule has 1 aromatic heterocycles. The summed E-state index contributed by atoms with van der Waals surface area (Å²) in [5.74, 6) is 0.497. The Morgan fingerprint density at radius 2 is 2.00 bits per heavy atom. The third-order valence-corrected chi connectivity index (χ3v) is 2.42. The van der Waals surface area contributed by atoms with Crippen LogP contribution >= 0.6 is 11.6 Å². The van der Waals surface area contributed by atoms with Crippen LogP contribution in [0, 0.1) is 0 Å². The fourth-order valence-corrected chi connectivity index (χ4v) is 1.46. The first-order valence-electron chi connectivity index (χ1n) is 4.79. The first kappa shape index (κ1) is 10.8. The standard InChI is InChI=1S/C12H10ClNO2/c13-8-9-3-5-10(6-4-9)14-12(15)11-2-1-7-16-11/h1-7H,8H2,(H,14,15). The third kappa shape index (κ3) is 2.44. The molecule has 0 bridgehead atoms. The molecular formula is C12H10ClNO2. The number of anilines is 1. The van der Waals surface area contributed by atoms with E-state index < -0.39 is 0 Å². The zero-order valence-corrected chi connectivity index (χ0v) is 9.20. The van der Waals surface area contributed by atoms with Gasteiger partial charge >= 0.3 is 0 Å². The highest BCUT2D eigenvalue weighted by atomic mass is 35.5. The zero-order valence-electron chi connectivity index (χ0n) is 8.44. The lowest BCUT2D eigenvalue weighted by Crippen LogP contribution is -2.10. The first-order chi connectivity index (χ1) is 7.79. The number of hydrogen-bond acceptors (Lipinski definition) is 2. The second kappa shape index (κ2) is 4.86. The van der Waals surface area contributed by atoms with Gasteiger partial charge < -0.3 is 9.73 Å². The molecule has 2 aromatic rings. The lowest BCUT2D eigenvalue weighted by atomic mass is 10.2. The van der Waals surface area contributed by atoms with Crippen LogP contribution in [0.2, 0.25) is 0 Å². The molecule has 3 nitrogen and oxygen atoms in total. The van der Waals surface area contributed by atoms with Crippen molar-refractivity contribution in [2.24, 2.45) is 0 Å². The largest absolute Gasteiger partial charge is 0.459 e. The topological polar surface area (TPSA) is 42.2 Å². The van der Waals surface area contributed by atoms with Crippen molar-refractivity contribution in [1.29, 1.82) is 0 Å². The summed E-state index contributed by atoms with van der Waals surface area (Å²) in [6, 6.07) is 10.6. The summed E-state index contributed by atoms with van der Waals surface area (Å²) in [7, 11) is 0. The van der Waals surface area contributed by atoms with Crippen molar-refractivity contribution in [3.8, 4) is 0 Å². The molecule has 0 spiro atoms. The summed E-state index contributed by atoms with van der Waals surface area (Å²) in [5, 5.41) is 2.72. The molecule has 1 amide bonds. The number of rotatable bonds is 3. The highest BCUT2D eigenvalue weighted by molar-refractivity contribution is 6.17. The van der Waals surface area contributed by atoms with Crippen LogP contribution in [0.5, 0.6) is 0 Å². The van der Waals surface area contributed by atoms with Gasteiger partial charge in [0.25, 0.3) is 5.91 Å². The number of alkyl halides is 1. The Labute approximate surface area is 98.0 Å². The number of hydrogen-bond donors (Lipinski definition) is 1. The second-order valence-electron chi connectivity index (χ2n) is 3.26. The summed E-state index contributed by atoms with van der Waals surface area (Å²) in [6.45, 7) is 0. The molecule has 1 heterocycles. The van der Waals surface area contributed by atoms with E-state index in [9.17, 15) is 4.79 Å². The quantitative estimate of drug-likeness (QED) is 0.830. The molecule has 0 radical (unpaired) electrons. The van der Waals surface area contributed by atoms with E-state index >= 15 is 0 Å². The SMILES string of the molecule is O=C(Nc1ccc(CCl)cc1)c1ccco1. The van der Waals surface area contributed by atoms with Gasteiger partial charge in [0.05, 0.1) is 6.26 Å². The van der Waals surface area contributed by atoms with E-state index in [4.69, 9.17) is 16.0 Å². The van der Waals surface area contributed by atoms with Crippen molar-refractivity contribution in [3.05, 3.63) is 54.0 Å². The van der Waals surface area contributed by atoms with E-state index in [0.717, 1.165) is 11.3 Å². The van der Waals surface area contributed by atoms with Gasteiger partial charge in [-0.05, 0) is 29.8 Å². The predicted octanol–water partition coefficient (Wildman–Crippen LogP) is 3.27. The minimum atomic E-state index is -0.261. The Balaban J connectivity index is 2.06. The minimum Gasteiger partial charge on any atom is -0.459 e. The molecule has 2 rings (SSSR count). The Bertz CT molecular complexity index is 462. The van der Waals surface area contributed by atoms with Gasteiger partial charge in [0.2, 0.25) is 0 Å². The fraction of sp³-hybridized carbons (Fsp3) is 0.0833. The summed E-state index contributed by atoms with van der Waals surface area (Å²) in [4.78, 5) is 11.6. The third-order valence-electron chi connectivity index (χ3n) is 2.11. The second-order valence-corrected chi connectivity index (χ2v) is 3.53. The molecule has 0 fully saturated rings. The Morgan fingerprint density at radius 3 is 2.56 bits per heavy atom. The van der Waals surface area contributed by atoms with E-state index in [1.54, 1.807) is 24.3 Å². The van der Waals surface area contributed by atoms with E-state index in [0.29, 0.717) is 11.6 Å². The van der Waals surface area contributed by atoms with Gasteiger partial charge in [0.15, 0.2) is 5.76 Å². The molecule has 0 unspecified atom stereocenters. The van der Waals surface area contributed by atoms with Gasteiger partial charge in [0.1, 0.15) is 0 Å². The van der Waals surface area contributed by atoms with Gasteiger partial charge in [-0.3, -0.25) is 4.79 Å². The van der Waals surface area contributed by atoms with Crippen LogP contribution in [-0.4, -0.2) is 5.91 Å². The summed E-state index contributed by atoms with van der Waals surface area (Å²) in [5.41, 5.74) is 1.73. The molecular weight excluding hydrogens is 226 g/mol. The molecule has 16 heavy (non-hydrogen) atoms. The first-order valence-corrected chi connectivity index (χ1v) is 5.33. The Kier molecular flexibility index (Phi) is 3.27. The molecule has 82 valence electrons.